The summed E-state index contributed by atoms with van der Waals surface area (Å²) in [6.07, 6.45) is 3.14. The Labute approximate surface area is 190 Å². The SMILES string of the molecule is Cc1ccnc(NC(=O)c2cn3c4c(c(N5CCN(C)CC5)c(F)cc4c2=O)OC[C@@H]3C)c1. The van der Waals surface area contributed by atoms with Crippen LogP contribution in [-0.2, 0) is 0 Å². The second-order valence-corrected chi connectivity index (χ2v) is 8.83. The van der Waals surface area contributed by atoms with Gasteiger partial charge in [0, 0.05) is 38.6 Å². The van der Waals surface area contributed by atoms with Crippen molar-refractivity contribution in [2.45, 2.75) is 19.9 Å². The Morgan fingerprint density at radius 3 is 2.73 bits per heavy atom. The summed E-state index contributed by atoms with van der Waals surface area (Å²) in [5.74, 6) is -0.366. The molecular formula is C24H26FN5O3. The highest BCUT2D eigenvalue weighted by Crippen LogP contribution is 2.42. The molecule has 5 rings (SSSR count). The zero-order chi connectivity index (χ0) is 23.3. The van der Waals surface area contributed by atoms with Crippen molar-refractivity contribution in [3.63, 3.8) is 0 Å². The molecular weight excluding hydrogens is 425 g/mol. The van der Waals surface area contributed by atoms with Crippen LogP contribution in [0, 0.1) is 12.7 Å². The lowest BCUT2D eigenvalue weighted by Gasteiger charge is -2.37. The number of rotatable bonds is 3. The molecule has 1 amide bonds. The van der Waals surface area contributed by atoms with E-state index in [1.54, 1.807) is 18.5 Å². The van der Waals surface area contributed by atoms with Crippen molar-refractivity contribution in [3.8, 4) is 5.75 Å². The predicted octanol–water partition coefficient (Wildman–Crippen LogP) is 2.80. The molecule has 1 N–H and O–H groups in total. The molecule has 0 unspecified atom stereocenters. The van der Waals surface area contributed by atoms with Gasteiger partial charge in [0.1, 0.15) is 23.7 Å². The molecule has 1 atom stereocenters. The minimum Gasteiger partial charge on any atom is -0.487 e. The van der Waals surface area contributed by atoms with Crippen LogP contribution in [0.25, 0.3) is 10.9 Å². The van der Waals surface area contributed by atoms with Crippen molar-refractivity contribution < 1.29 is 13.9 Å². The number of halogens is 1. The first-order valence-corrected chi connectivity index (χ1v) is 11.0. The number of aryl methyl sites for hydroxylation is 1. The van der Waals surface area contributed by atoms with Gasteiger partial charge in [0.25, 0.3) is 5.91 Å². The summed E-state index contributed by atoms with van der Waals surface area (Å²) in [7, 11) is 2.03. The van der Waals surface area contributed by atoms with Gasteiger partial charge >= 0.3 is 0 Å². The highest BCUT2D eigenvalue weighted by atomic mass is 19.1. The fraction of sp³-hybridized carbons (Fsp3) is 0.375. The summed E-state index contributed by atoms with van der Waals surface area (Å²) in [4.78, 5) is 34.6. The Bertz CT molecular complexity index is 1310. The van der Waals surface area contributed by atoms with Crippen LogP contribution in [0.5, 0.6) is 5.75 Å². The predicted molar refractivity (Wildman–Crippen MR) is 125 cm³/mol. The van der Waals surface area contributed by atoms with Gasteiger partial charge in [-0.15, -0.1) is 0 Å². The molecule has 0 saturated carbocycles. The third kappa shape index (κ3) is 3.72. The van der Waals surface area contributed by atoms with Gasteiger partial charge in [0.2, 0.25) is 5.43 Å². The number of hydrogen-bond acceptors (Lipinski definition) is 6. The maximum atomic E-state index is 15.4. The number of pyridine rings is 2. The number of piperazine rings is 1. The molecule has 1 fully saturated rings. The molecule has 4 heterocycles. The Morgan fingerprint density at radius 2 is 2.00 bits per heavy atom. The number of nitrogens with one attached hydrogen (secondary N) is 1. The molecule has 0 bridgehead atoms. The molecule has 0 spiro atoms. The highest BCUT2D eigenvalue weighted by molar-refractivity contribution is 6.06. The normalized spacial score (nSPS) is 18.3. The summed E-state index contributed by atoms with van der Waals surface area (Å²) in [6, 6.07) is 4.65. The summed E-state index contributed by atoms with van der Waals surface area (Å²) in [5.41, 5.74) is 1.25. The molecule has 0 aliphatic carbocycles. The van der Waals surface area contributed by atoms with Gasteiger partial charge in [0.15, 0.2) is 11.6 Å². The van der Waals surface area contributed by atoms with Gasteiger partial charge in [-0.25, -0.2) is 9.37 Å². The summed E-state index contributed by atoms with van der Waals surface area (Å²) >= 11 is 0. The lowest BCUT2D eigenvalue weighted by molar-refractivity contribution is 0.102. The van der Waals surface area contributed by atoms with Crippen molar-refractivity contribution >= 4 is 28.3 Å². The fourth-order valence-corrected chi connectivity index (χ4v) is 4.49. The maximum Gasteiger partial charge on any atom is 0.262 e. The van der Waals surface area contributed by atoms with Gasteiger partial charge in [-0.1, -0.05) is 0 Å². The van der Waals surface area contributed by atoms with Crippen LogP contribution in [0.2, 0.25) is 0 Å². The minimum atomic E-state index is -0.576. The molecule has 2 aliphatic rings. The van der Waals surface area contributed by atoms with Crippen LogP contribution in [0.4, 0.5) is 15.9 Å². The Balaban J connectivity index is 1.64. The van der Waals surface area contributed by atoms with E-state index >= 15 is 4.39 Å². The minimum absolute atomic E-state index is 0.0581. The first kappa shape index (κ1) is 21.4. The zero-order valence-electron chi connectivity index (χ0n) is 18.9. The van der Waals surface area contributed by atoms with Gasteiger partial charge in [-0.05, 0) is 44.7 Å². The van der Waals surface area contributed by atoms with Crippen molar-refractivity contribution in [2.75, 3.05) is 50.1 Å². The highest BCUT2D eigenvalue weighted by Gasteiger charge is 2.31. The number of anilines is 2. The third-order valence-electron chi connectivity index (χ3n) is 6.36. The second kappa shape index (κ2) is 8.15. The monoisotopic (exact) mass is 451 g/mol. The largest absolute Gasteiger partial charge is 0.487 e. The van der Waals surface area contributed by atoms with Crippen molar-refractivity contribution in [1.29, 1.82) is 0 Å². The average Bonchev–Trinajstić information content (AvgIpc) is 2.78. The average molecular weight is 452 g/mol. The lowest BCUT2D eigenvalue weighted by Crippen LogP contribution is -2.45. The molecule has 3 aromatic rings. The number of ether oxygens (including phenoxy) is 1. The molecule has 0 radical (unpaired) electrons. The number of carbonyl (C=O) groups excluding carboxylic acids is 1. The standard InChI is InChI=1S/C24H26FN5O3/c1-14-4-5-26-19(10-14)27-24(32)17-12-30-15(2)13-33-23-20(30)16(22(17)31)11-18(25)21(23)29-8-6-28(3)7-9-29/h4-5,10-12,15H,6-9,13H2,1-3H3,(H,26,27,32)/t15-/m0/s1. The summed E-state index contributed by atoms with van der Waals surface area (Å²) in [5, 5.41) is 2.82. The Morgan fingerprint density at radius 1 is 1.24 bits per heavy atom. The van der Waals surface area contributed by atoms with E-state index in [-0.39, 0.29) is 17.0 Å². The van der Waals surface area contributed by atoms with E-state index in [0.29, 0.717) is 42.5 Å². The number of hydrogen-bond donors (Lipinski definition) is 1. The molecule has 1 saturated heterocycles. The maximum absolute atomic E-state index is 15.4. The van der Waals surface area contributed by atoms with Gasteiger partial charge < -0.3 is 24.4 Å². The van der Waals surface area contributed by atoms with Gasteiger partial charge in [-0.2, -0.15) is 0 Å². The number of aromatic nitrogens is 2. The van der Waals surface area contributed by atoms with Crippen LogP contribution in [0.3, 0.4) is 0 Å². The number of amides is 1. The van der Waals surface area contributed by atoms with E-state index in [2.05, 4.69) is 15.2 Å². The summed E-state index contributed by atoms with van der Waals surface area (Å²) in [6.45, 7) is 7.10. The van der Waals surface area contributed by atoms with Crippen molar-refractivity contribution in [2.24, 2.45) is 0 Å². The van der Waals surface area contributed by atoms with Crippen LogP contribution >= 0.6 is 0 Å². The van der Waals surface area contributed by atoms with Crippen LogP contribution in [0.15, 0.2) is 35.4 Å². The molecule has 33 heavy (non-hydrogen) atoms. The molecule has 1 aromatic carbocycles. The van der Waals surface area contributed by atoms with E-state index in [4.69, 9.17) is 4.74 Å². The van der Waals surface area contributed by atoms with Crippen LogP contribution in [0.1, 0.15) is 28.9 Å². The number of benzene rings is 1. The number of likely N-dealkylation sites (N-methyl/N-ethyl adjacent to an activating group) is 1. The molecule has 172 valence electrons. The van der Waals surface area contributed by atoms with Gasteiger partial charge in [0.05, 0.1) is 16.9 Å². The molecule has 9 heteroatoms. The quantitative estimate of drug-likeness (QED) is 0.660. The Hall–Kier alpha value is -3.46. The topological polar surface area (TPSA) is 79.7 Å². The zero-order valence-corrected chi connectivity index (χ0v) is 18.9. The molecule has 8 nitrogen and oxygen atoms in total. The first-order chi connectivity index (χ1) is 15.8. The smallest absolute Gasteiger partial charge is 0.262 e. The molecule has 2 aliphatic heterocycles. The molecule has 2 aromatic heterocycles. The lowest BCUT2D eigenvalue weighted by atomic mass is 10.0. The van der Waals surface area contributed by atoms with E-state index in [1.807, 2.05) is 36.4 Å². The van der Waals surface area contributed by atoms with E-state index in [9.17, 15) is 9.59 Å². The van der Waals surface area contributed by atoms with Crippen molar-refractivity contribution in [3.05, 3.63) is 57.8 Å². The third-order valence-corrected chi connectivity index (χ3v) is 6.36. The van der Waals surface area contributed by atoms with E-state index < -0.39 is 17.2 Å². The fourth-order valence-electron chi connectivity index (χ4n) is 4.49. The number of carbonyl (C=O) groups is 1. The van der Waals surface area contributed by atoms with Crippen LogP contribution < -0.4 is 20.4 Å². The summed E-state index contributed by atoms with van der Waals surface area (Å²) < 4.78 is 23.3. The number of nitrogens with zero attached hydrogens (tertiary/aromatic N) is 4. The first-order valence-electron chi connectivity index (χ1n) is 11.0. The van der Waals surface area contributed by atoms with Crippen LogP contribution in [-0.4, -0.2) is 60.2 Å². The van der Waals surface area contributed by atoms with Gasteiger partial charge in [-0.3, -0.25) is 9.59 Å². The Kier molecular flexibility index (Phi) is 5.28. The van der Waals surface area contributed by atoms with E-state index in [0.717, 1.165) is 18.7 Å². The van der Waals surface area contributed by atoms with E-state index in [1.165, 1.54) is 6.07 Å². The van der Waals surface area contributed by atoms with Crippen molar-refractivity contribution in [1.82, 2.24) is 14.5 Å². The second-order valence-electron chi connectivity index (χ2n) is 8.83.